The molecule has 0 atom stereocenters. The Balaban J connectivity index is 1.65. The summed E-state index contributed by atoms with van der Waals surface area (Å²) in [4.78, 5) is 24.7. The molecule has 0 aliphatic rings. The molecule has 2 amide bonds. The number of fused-ring (bicyclic) bond motifs is 1. The quantitative estimate of drug-likeness (QED) is 0.710. The van der Waals surface area contributed by atoms with Crippen molar-refractivity contribution in [2.45, 2.75) is 6.92 Å². The van der Waals surface area contributed by atoms with Crippen LogP contribution >= 0.6 is 22.9 Å². The van der Waals surface area contributed by atoms with E-state index in [0.717, 1.165) is 4.70 Å². The highest BCUT2D eigenvalue weighted by atomic mass is 35.5. The van der Waals surface area contributed by atoms with Gasteiger partial charge in [-0.2, -0.15) is 0 Å². The van der Waals surface area contributed by atoms with Gasteiger partial charge < -0.3 is 10.6 Å². The van der Waals surface area contributed by atoms with Gasteiger partial charge in [-0.1, -0.05) is 11.6 Å². The van der Waals surface area contributed by atoms with Gasteiger partial charge >= 0.3 is 0 Å². The van der Waals surface area contributed by atoms with E-state index in [0.29, 0.717) is 26.5 Å². The third-order valence-corrected chi connectivity index (χ3v) is 5.17. The molecule has 25 heavy (non-hydrogen) atoms. The molecule has 3 aromatic rings. The summed E-state index contributed by atoms with van der Waals surface area (Å²) in [6.45, 7) is 1.60. The standard InChI is InChI=1S/C18H14ClFN2O2S/c1-10-14-8-12(20)4-7-15(14)25-17(10)18(24)21-9-16(23)22-13-5-2-11(19)3-6-13/h2-8H,9H2,1H3,(H,21,24)(H,22,23). The fourth-order valence-corrected chi connectivity index (χ4v) is 3.62. The summed E-state index contributed by atoms with van der Waals surface area (Å²) < 4.78 is 14.2. The molecule has 128 valence electrons. The summed E-state index contributed by atoms with van der Waals surface area (Å²) in [6.07, 6.45) is 0. The van der Waals surface area contributed by atoms with E-state index in [4.69, 9.17) is 11.6 Å². The first-order chi connectivity index (χ1) is 11.9. The van der Waals surface area contributed by atoms with Crippen LogP contribution in [0.1, 0.15) is 15.2 Å². The van der Waals surface area contributed by atoms with Gasteiger partial charge in [-0.3, -0.25) is 9.59 Å². The van der Waals surface area contributed by atoms with Crippen LogP contribution in [0.2, 0.25) is 5.02 Å². The van der Waals surface area contributed by atoms with Crippen LogP contribution in [0.25, 0.3) is 10.1 Å². The zero-order valence-corrected chi connectivity index (χ0v) is 14.8. The van der Waals surface area contributed by atoms with E-state index in [1.165, 1.54) is 23.5 Å². The van der Waals surface area contributed by atoms with Crippen LogP contribution in [0, 0.1) is 12.7 Å². The molecule has 0 radical (unpaired) electrons. The highest BCUT2D eigenvalue weighted by Gasteiger charge is 2.16. The Morgan fingerprint density at radius 1 is 1.16 bits per heavy atom. The van der Waals surface area contributed by atoms with E-state index >= 15 is 0 Å². The molecule has 0 fully saturated rings. The minimum absolute atomic E-state index is 0.163. The molecule has 7 heteroatoms. The average molecular weight is 377 g/mol. The number of rotatable bonds is 4. The highest BCUT2D eigenvalue weighted by Crippen LogP contribution is 2.31. The molecular weight excluding hydrogens is 363 g/mol. The Kier molecular flexibility index (Phi) is 5.01. The summed E-state index contributed by atoms with van der Waals surface area (Å²) >= 11 is 7.06. The van der Waals surface area contributed by atoms with Gasteiger partial charge in [-0.05, 0) is 60.3 Å². The lowest BCUT2D eigenvalue weighted by Gasteiger charge is -2.07. The number of carbonyl (C=O) groups is 2. The van der Waals surface area contributed by atoms with Gasteiger partial charge in [-0.15, -0.1) is 11.3 Å². The van der Waals surface area contributed by atoms with Gasteiger partial charge in [0.15, 0.2) is 0 Å². The number of amides is 2. The Hall–Kier alpha value is -2.44. The lowest BCUT2D eigenvalue weighted by atomic mass is 10.1. The molecule has 0 aliphatic heterocycles. The number of hydrogen-bond acceptors (Lipinski definition) is 3. The predicted molar refractivity (Wildman–Crippen MR) is 98.9 cm³/mol. The summed E-state index contributed by atoms with van der Waals surface area (Å²) in [7, 11) is 0. The van der Waals surface area contributed by atoms with Crippen molar-refractivity contribution < 1.29 is 14.0 Å². The molecule has 4 nitrogen and oxygen atoms in total. The monoisotopic (exact) mass is 376 g/mol. The Bertz CT molecular complexity index is 954. The maximum atomic E-state index is 13.4. The van der Waals surface area contributed by atoms with Crippen molar-refractivity contribution in [1.82, 2.24) is 5.32 Å². The van der Waals surface area contributed by atoms with E-state index in [9.17, 15) is 14.0 Å². The minimum atomic E-state index is -0.356. The molecule has 2 N–H and O–H groups in total. The highest BCUT2D eigenvalue weighted by molar-refractivity contribution is 7.21. The van der Waals surface area contributed by atoms with Gasteiger partial charge in [0, 0.05) is 15.4 Å². The van der Waals surface area contributed by atoms with E-state index in [1.54, 1.807) is 37.3 Å². The number of anilines is 1. The molecule has 0 aliphatic carbocycles. The summed E-state index contributed by atoms with van der Waals surface area (Å²) in [5.41, 5.74) is 1.30. The number of hydrogen-bond donors (Lipinski definition) is 2. The van der Waals surface area contributed by atoms with Crippen LogP contribution in [-0.4, -0.2) is 18.4 Å². The van der Waals surface area contributed by atoms with Gasteiger partial charge in [-0.25, -0.2) is 4.39 Å². The zero-order valence-electron chi connectivity index (χ0n) is 13.2. The molecule has 0 saturated heterocycles. The van der Waals surface area contributed by atoms with E-state index in [2.05, 4.69) is 10.6 Å². The van der Waals surface area contributed by atoms with Crippen molar-refractivity contribution in [3.8, 4) is 0 Å². The molecule has 0 unspecified atom stereocenters. The van der Waals surface area contributed by atoms with Gasteiger partial charge in [0.2, 0.25) is 5.91 Å². The molecule has 1 aromatic heterocycles. The summed E-state index contributed by atoms with van der Waals surface area (Å²) in [6, 6.07) is 11.1. The maximum Gasteiger partial charge on any atom is 0.262 e. The molecule has 0 bridgehead atoms. The number of benzene rings is 2. The first-order valence-corrected chi connectivity index (χ1v) is 8.66. The van der Waals surface area contributed by atoms with Crippen LogP contribution in [-0.2, 0) is 4.79 Å². The fourth-order valence-electron chi connectivity index (χ4n) is 2.39. The van der Waals surface area contributed by atoms with Gasteiger partial charge in [0.25, 0.3) is 5.91 Å². The molecule has 0 spiro atoms. The second-order valence-corrected chi connectivity index (χ2v) is 6.92. The third-order valence-electron chi connectivity index (χ3n) is 3.64. The first kappa shape index (κ1) is 17.4. The largest absolute Gasteiger partial charge is 0.342 e. The average Bonchev–Trinajstić information content (AvgIpc) is 2.91. The second kappa shape index (κ2) is 7.21. The maximum absolute atomic E-state index is 13.4. The van der Waals surface area contributed by atoms with Crippen molar-refractivity contribution >= 4 is 50.5 Å². The van der Waals surface area contributed by atoms with Crippen molar-refractivity contribution in [3.63, 3.8) is 0 Å². The lowest BCUT2D eigenvalue weighted by molar-refractivity contribution is -0.115. The van der Waals surface area contributed by atoms with Crippen LogP contribution in [0.3, 0.4) is 0 Å². The molecule has 0 saturated carbocycles. The van der Waals surface area contributed by atoms with Crippen molar-refractivity contribution in [1.29, 1.82) is 0 Å². The molecule has 2 aromatic carbocycles. The first-order valence-electron chi connectivity index (χ1n) is 7.46. The van der Waals surface area contributed by atoms with Crippen molar-refractivity contribution in [2.24, 2.45) is 0 Å². The molecule has 3 rings (SSSR count). The van der Waals surface area contributed by atoms with Crippen molar-refractivity contribution in [2.75, 3.05) is 11.9 Å². The number of thiophene rings is 1. The lowest BCUT2D eigenvalue weighted by Crippen LogP contribution is -2.32. The van der Waals surface area contributed by atoms with E-state index in [-0.39, 0.29) is 24.2 Å². The normalized spacial score (nSPS) is 10.7. The van der Waals surface area contributed by atoms with E-state index in [1.807, 2.05) is 0 Å². The van der Waals surface area contributed by atoms with E-state index < -0.39 is 0 Å². The zero-order chi connectivity index (χ0) is 18.0. The smallest absolute Gasteiger partial charge is 0.262 e. The predicted octanol–water partition coefficient (Wildman–Crippen LogP) is 4.37. The molecular formula is C18H14ClFN2O2S. The van der Waals surface area contributed by atoms with Crippen LogP contribution in [0.5, 0.6) is 0 Å². The van der Waals surface area contributed by atoms with Crippen LogP contribution < -0.4 is 10.6 Å². The third kappa shape index (κ3) is 3.97. The van der Waals surface area contributed by atoms with Crippen LogP contribution in [0.4, 0.5) is 10.1 Å². The topological polar surface area (TPSA) is 58.2 Å². The number of carbonyl (C=O) groups excluding carboxylic acids is 2. The molecule has 1 heterocycles. The van der Waals surface area contributed by atoms with Crippen molar-refractivity contribution in [3.05, 3.63) is 63.7 Å². The Morgan fingerprint density at radius 3 is 2.60 bits per heavy atom. The fraction of sp³-hybridized carbons (Fsp3) is 0.111. The second-order valence-electron chi connectivity index (χ2n) is 5.43. The minimum Gasteiger partial charge on any atom is -0.342 e. The number of nitrogens with one attached hydrogen (secondary N) is 2. The Morgan fingerprint density at radius 2 is 1.88 bits per heavy atom. The summed E-state index contributed by atoms with van der Waals surface area (Å²) in [5.74, 6) is -1.05. The number of halogens is 2. The van der Waals surface area contributed by atoms with Gasteiger partial charge in [0.1, 0.15) is 5.82 Å². The Labute approximate surface area is 152 Å². The van der Waals surface area contributed by atoms with Crippen LogP contribution in [0.15, 0.2) is 42.5 Å². The van der Waals surface area contributed by atoms with Gasteiger partial charge in [0.05, 0.1) is 11.4 Å². The SMILES string of the molecule is Cc1c(C(=O)NCC(=O)Nc2ccc(Cl)cc2)sc2ccc(F)cc12. The number of aryl methyl sites for hydroxylation is 1. The summed E-state index contributed by atoms with van der Waals surface area (Å²) in [5, 5.41) is 6.53.